The molecule has 0 aromatic carbocycles. The maximum atomic E-state index is 11.7. The Balaban J connectivity index is 2.27. The van der Waals surface area contributed by atoms with E-state index in [9.17, 15) is 9.59 Å². The number of hydrogen-bond acceptors (Lipinski definition) is 7. The first kappa shape index (κ1) is 16.5. The molecule has 0 saturated carbocycles. The summed E-state index contributed by atoms with van der Waals surface area (Å²) in [5.41, 5.74) is 5.30. The molecular weight excluding hydrogens is 324 g/mol. The van der Waals surface area contributed by atoms with E-state index in [1.807, 2.05) is 17.5 Å². The fourth-order valence-corrected chi connectivity index (χ4v) is 3.29. The van der Waals surface area contributed by atoms with Crippen molar-refractivity contribution >= 4 is 35.0 Å². The van der Waals surface area contributed by atoms with E-state index >= 15 is 0 Å². The van der Waals surface area contributed by atoms with Crippen LogP contribution in [0.25, 0.3) is 10.7 Å². The van der Waals surface area contributed by atoms with Crippen LogP contribution in [-0.2, 0) is 20.9 Å². The summed E-state index contributed by atoms with van der Waals surface area (Å²) >= 11 is 2.68. The Labute approximate surface area is 135 Å². The third-order valence-electron chi connectivity index (χ3n) is 2.67. The van der Waals surface area contributed by atoms with E-state index in [0.717, 1.165) is 4.88 Å². The molecule has 0 unspecified atom stereocenters. The number of ether oxygens (including phenoxy) is 1. The number of primary amides is 1. The lowest BCUT2D eigenvalue weighted by Gasteiger charge is -2.11. The lowest BCUT2D eigenvalue weighted by molar-refractivity contribution is -0.142. The highest BCUT2D eigenvalue weighted by Crippen LogP contribution is 2.29. The number of carbonyl (C=O) groups excluding carboxylic acids is 2. The highest BCUT2D eigenvalue weighted by atomic mass is 32.2. The second kappa shape index (κ2) is 7.41. The number of aromatic nitrogens is 3. The van der Waals surface area contributed by atoms with Crippen LogP contribution < -0.4 is 5.73 Å². The molecule has 2 heterocycles. The van der Waals surface area contributed by atoms with Gasteiger partial charge in [0.25, 0.3) is 0 Å². The van der Waals surface area contributed by atoms with Gasteiger partial charge in [-0.15, -0.1) is 21.5 Å². The number of rotatable bonds is 7. The second-order valence-corrected chi connectivity index (χ2v) is 6.60. The first-order valence-electron chi connectivity index (χ1n) is 6.61. The molecule has 118 valence electrons. The minimum atomic E-state index is -0.497. The van der Waals surface area contributed by atoms with Gasteiger partial charge in [0.2, 0.25) is 5.91 Å². The minimum absolute atomic E-state index is 0.0435. The average molecular weight is 340 g/mol. The molecule has 1 atom stereocenters. The Morgan fingerprint density at radius 3 is 2.86 bits per heavy atom. The molecule has 2 rings (SSSR count). The third-order valence-corrected chi connectivity index (χ3v) is 4.60. The monoisotopic (exact) mass is 340 g/mol. The molecule has 0 spiro atoms. The predicted octanol–water partition coefficient (Wildman–Crippen LogP) is 1.54. The second-order valence-electron chi connectivity index (χ2n) is 4.35. The summed E-state index contributed by atoms with van der Waals surface area (Å²) in [6, 6.07) is 3.77. The van der Waals surface area contributed by atoms with Crippen molar-refractivity contribution in [3.63, 3.8) is 0 Å². The van der Waals surface area contributed by atoms with E-state index in [-0.39, 0.29) is 12.5 Å². The average Bonchev–Trinajstić information content (AvgIpc) is 3.09. The molecular formula is C13H16N4O3S2. The van der Waals surface area contributed by atoms with Crippen molar-refractivity contribution in [3.8, 4) is 10.7 Å². The maximum Gasteiger partial charge on any atom is 0.319 e. The predicted molar refractivity (Wildman–Crippen MR) is 84.5 cm³/mol. The number of carbonyl (C=O) groups is 2. The van der Waals surface area contributed by atoms with Crippen molar-refractivity contribution in [1.29, 1.82) is 0 Å². The molecule has 9 heteroatoms. The summed E-state index contributed by atoms with van der Waals surface area (Å²) in [5, 5.41) is 10.1. The van der Waals surface area contributed by atoms with E-state index in [1.54, 1.807) is 18.4 Å². The van der Waals surface area contributed by atoms with Gasteiger partial charge < -0.3 is 10.5 Å². The lowest BCUT2D eigenvalue weighted by atomic mass is 10.4. The fraction of sp³-hybridized carbons (Fsp3) is 0.385. The van der Waals surface area contributed by atoms with Crippen LogP contribution in [0.3, 0.4) is 0 Å². The highest BCUT2D eigenvalue weighted by molar-refractivity contribution is 8.00. The number of esters is 1. The van der Waals surface area contributed by atoms with Crippen molar-refractivity contribution in [1.82, 2.24) is 14.8 Å². The van der Waals surface area contributed by atoms with Crippen molar-refractivity contribution in [2.24, 2.45) is 5.73 Å². The standard InChI is InChI=1S/C13H16N4O3S2/c1-3-20-12(19)8(2)22-13-16-15-11(9-5-4-6-21-9)17(13)7-10(14)18/h4-6,8H,3,7H2,1-2H3,(H2,14,18)/t8-/m1/s1. The molecule has 0 aliphatic carbocycles. The van der Waals surface area contributed by atoms with Gasteiger partial charge in [0, 0.05) is 0 Å². The molecule has 7 nitrogen and oxygen atoms in total. The number of thiophene rings is 1. The summed E-state index contributed by atoms with van der Waals surface area (Å²) in [5.74, 6) is -0.269. The molecule has 1 amide bonds. The van der Waals surface area contributed by atoms with Gasteiger partial charge in [-0.1, -0.05) is 17.8 Å². The van der Waals surface area contributed by atoms with E-state index in [2.05, 4.69) is 10.2 Å². The smallest absolute Gasteiger partial charge is 0.319 e. The molecule has 0 saturated heterocycles. The van der Waals surface area contributed by atoms with E-state index < -0.39 is 11.2 Å². The molecule has 0 aliphatic heterocycles. The van der Waals surface area contributed by atoms with Crippen molar-refractivity contribution in [2.45, 2.75) is 30.8 Å². The fourth-order valence-electron chi connectivity index (χ4n) is 1.73. The van der Waals surface area contributed by atoms with Gasteiger partial charge in [0.05, 0.1) is 11.5 Å². The van der Waals surface area contributed by atoms with Crippen molar-refractivity contribution in [2.75, 3.05) is 6.61 Å². The topological polar surface area (TPSA) is 100 Å². The Hall–Kier alpha value is -1.87. The van der Waals surface area contributed by atoms with Crippen LogP contribution in [0.15, 0.2) is 22.7 Å². The van der Waals surface area contributed by atoms with Gasteiger partial charge in [-0.25, -0.2) is 0 Å². The summed E-state index contributed by atoms with van der Waals surface area (Å²) < 4.78 is 6.59. The molecule has 0 aliphatic rings. The van der Waals surface area contributed by atoms with Crippen molar-refractivity contribution in [3.05, 3.63) is 17.5 Å². The molecule has 22 heavy (non-hydrogen) atoms. The van der Waals surface area contributed by atoms with Gasteiger partial charge in [-0.3, -0.25) is 14.2 Å². The van der Waals surface area contributed by atoms with Crippen LogP contribution in [0.5, 0.6) is 0 Å². The molecule has 0 fully saturated rings. The van der Waals surface area contributed by atoms with E-state index in [4.69, 9.17) is 10.5 Å². The zero-order valence-corrected chi connectivity index (χ0v) is 13.8. The molecule has 0 bridgehead atoms. The molecule has 0 radical (unpaired) electrons. The zero-order chi connectivity index (χ0) is 16.1. The molecule has 2 N–H and O–H groups in total. The molecule has 2 aromatic rings. The third kappa shape index (κ3) is 3.86. The number of hydrogen-bond donors (Lipinski definition) is 1. The maximum absolute atomic E-state index is 11.7. The normalized spacial score (nSPS) is 12.1. The van der Waals surface area contributed by atoms with Crippen LogP contribution in [0, 0.1) is 0 Å². The van der Waals surface area contributed by atoms with Crippen LogP contribution >= 0.6 is 23.1 Å². The Morgan fingerprint density at radius 2 is 2.27 bits per heavy atom. The van der Waals surface area contributed by atoms with Gasteiger partial charge >= 0.3 is 5.97 Å². The number of thioether (sulfide) groups is 1. The SMILES string of the molecule is CCOC(=O)[C@@H](C)Sc1nnc(-c2cccs2)n1CC(N)=O. The van der Waals surface area contributed by atoms with Gasteiger partial charge in [-0.05, 0) is 25.3 Å². The lowest BCUT2D eigenvalue weighted by Crippen LogP contribution is -2.21. The quantitative estimate of drug-likeness (QED) is 0.606. The number of nitrogens with two attached hydrogens (primary N) is 1. The first-order chi connectivity index (χ1) is 10.5. The van der Waals surface area contributed by atoms with Gasteiger partial charge in [0.1, 0.15) is 11.8 Å². The van der Waals surface area contributed by atoms with Gasteiger partial charge in [-0.2, -0.15) is 0 Å². The molecule has 2 aromatic heterocycles. The van der Waals surface area contributed by atoms with Crippen LogP contribution in [0.4, 0.5) is 0 Å². The Bertz CT molecular complexity index is 654. The number of nitrogens with zero attached hydrogens (tertiary/aromatic N) is 3. The van der Waals surface area contributed by atoms with Gasteiger partial charge in [0.15, 0.2) is 11.0 Å². The number of amides is 1. The van der Waals surface area contributed by atoms with E-state index in [0.29, 0.717) is 17.6 Å². The van der Waals surface area contributed by atoms with Crippen LogP contribution in [-0.4, -0.2) is 38.5 Å². The van der Waals surface area contributed by atoms with E-state index in [1.165, 1.54) is 23.1 Å². The van der Waals surface area contributed by atoms with Crippen molar-refractivity contribution < 1.29 is 14.3 Å². The minimum Gasteiger partial charge on any atom is -0.465 e. The summed E-state index contributed by atoms with van der Waals surface area (Å²) in [6.45, 7) is 3.74. The highest BCUT2D eigenvalue weighted by Gasteiger charge is 2.22. The summed E-state index contributed by atoms with van der Waals surface area (Å²) in [4.78, 5) is 23.9. The Kier molecular flexibility index (Phi) is 5.56. The summed E-state index contributed by atoms with van der Waals surface area (Å²) in [7, 11) is 0. The largest absolute Gasteiger partial charge is 0.465 e. The first-order valence-corrected chi connectivity index (χ1v) is 8.37. The van der Waals surface area contributed by atoms with Crippen LogP contribution in [0.2, 0.25) is 0 Å². The summed E-state index contributed by atoms with van der Waals surface area (Å²) in [6.07, 6.45) is 0. The zero-order valence-electron chi connectivity index (χ0n) is 12.2. The van der Waals surface area contributed by atoms with Crippen LogP contribution in [0.1, 0.15) is 13.8 Å². The Morgan fingerprint density at radius 1 is 1.50 bits per heavy atom.